The third kappa shape index (κ3) is 2.78. The van der Waals surface area contributed by atoms with Crippen LogP contribution >= 0.6 is 0 Å². The minimum Gasteiger partial charge on any atom is -0.476 e. The topological polar surface area (TPSA) is 75.1 Å². The van der Waals surface area contributed by atoms with Crippen molar-refractivity contribution in [1.82, 2.24) is 9.97 Å². The fourth-order valence-electron chi connectivity index (χ4n) is 2.45. The van der Waals surface area contributed by atoms with Crippen molar-refractivity contribution in [1.29, 1.82) is 0 Å². The van der Waals surface area contributed by atoms with Gasteiger partial charge in [-0.2, -0.15) is 0 Å². The van der Waals surface area contributed by atoms with Crippen LogP contribution in [0.5, 0.6) is 0 Å². The van der Waals surface area contributed by atoms with Crippen LogP contribution in [0.1, 0.15) is 50.0 Å². The van der Waals surface area contributed by atoms with Crippen LogP contribution < -0.4 is 5.32 Å². The maximum Gasteiger partial charge on any atom is 0.356 e. The fourth-order valence-corrected chi connectivity index (χ4v) is 2.45. The van der Waals surface area contributed by atoms with E-state index in [0.717, 1.165) is 6.42 Å². The van der Waals surface area contributed by atoms with Crippen molar-refractivity contribution >= 4 is 11.8 Å². The van der Waals surface area contributed by atoms with Crippen molar-refractivity contribution < 1.29 is 9.90 Å². The highest BCUT2D eigenvalue weighted by atomic mass is 16.4. The summed E-state index contributed by atoms with van der Waals surface area (Å²) >= 11 is 0. The molecule has 2 N–H and O–H groups in total. The first kappa shape index (κ1) is 12.8. The third-order valence-corrected chi connectivity index (χ3v) is 3.70. The summed E-state index contributed by atoms with van der Waals surface area (Å²) in [5, 5.41) is 12.1. The van der Waals surface area contributed by atoms with Gasteiger partial charge >= 0.3 is 5.97 Å². The zero-order valence-electron chi connectivity index (χ0n) is 10.8. The van der Waals surface area contributed by atoms with Crippen LogP contribution in [0.15, 0.2) is 12.4 Å². The summed E-state index contributed by atoms with van der Waals surface area (Å²) in [7, 11) is 0. The summed E-state index contributed by atoms with van der Waals surface area (Å²) in [6, 6.07) is 0.372. The summed E-state index contributed by atoms with van der Waals surface area (Å²) in [4.78, 5) is 18.7. The van der Waals surface area contributed by atoms with Crippen molar-refractivity contribution in [2.24, 2.45) is 5.41 Å². The number of hydrogen-bond donors (Lipinski definition) is 2. The van der Waals surface area contributed by atoms with Crippen molar-refractivity contribution in [3.8, 4) is 0 Å². The molecule has 1 aliphatic rings. The zero-order chi connectivity index (χ0) is 13.2. The Hall–Kier alpha value is -1.65. The van der Waals surface area contributed by atoms with Gasteiger partial charge in [0.25, 0.3) is 0 Å². The lowest BCUT2D eigenvalue weighted by Crippen LogP contribution is -2.39. The van der Waals surface area contributed by atoms with Crippen LogP contribution in [0.3, 0.4) is 0 Å². The van der Waals surface area contributed by atoms with Crippen molar-refractivity contribution in [2.75, 3.05) is 5.32 Å². The van der Waals surface area contributed by atoms with Gasteiger partial charge in [-0.1, -0.05) is 26.7 Å². The molecule has 0 radical (unpaired) electrons. The van der Waals surface area contributed by atoms with E-state index in [1.165, 1.54) is 31.7 Å². The van der Waals surface area contributed by atoms with E-state index in [1.54, 1.807) is 0 Å². The standard InChI is InChI=1S/C13H19N3O2/c1-13(2)6-4-3-5-10(13)16-11-8-14-9(7-15-11)12(17)18/h7-8,10H,3-6H2,1-2H3,(H,15,16)(H,17,18). The molecule has 1 aliphatic carbocycles. The second-order valence-electron chi connectivity index (χ2n) is 5.52. The minimum absolute atomic E-state index is 0.0246. The Morgan fingerprint density at radius 1 is 1.39 bits per heavy atom. The molecule has 1 heterocycles. The Bertz CT molecular complexity index is 428. The first-order valence-electron chi connectivity index (χ1n) is 6.31. The van der Waals surface area contributed by atoms with Gasteiger partial charge in [-0.05, 0) is 18.3 Å². The molecule has 1 aromatic heterocycles. The van der Waals surface area contributed by atoms with Gasteiger partial charge in [-0.25, -0.2) is 14.8 Å². The van der Waals surface area contributed by atoms with E-state index < -0.39 is 5.97 Å². The molecular formula is C13H19N3O2. The predicted molar refractivity (Wildman–Crippen MR) is 68.7 cm³/mol. The Kier molecular flexibility index (Phi) is 3.50. The van der Waals surface area contributed by atoms with Crippen LogP contribution in [-0.2, 0) is 0 Å². The Labute approximate surface area is 107 Å². The van der Waals surface area contributed by atoms with Gasteiger partial charge in [0.15, 0.2) is 5.69 Å². The average molecular weight is 249 g/mol. The van der Waals surface area contributed by atoms with Crippen molar-refractivity contribution in [2.45, 2.75) is 45.6 Å². The van der Waals surface area contributed by atoms with Crippen LogP contribution in [-0.4, -0.2) is 27.1 Å². The molecule has 0 aliphatic heterocycles. The molecule has 5 heteroatoms. The van der Waals surface area contributed by atoms with Gasteiger partial charge in [-0.15, -0.1) is 0 Å². The first-order chi connectivity index (χ1) is 8.49. The maximum atomic E-state index is 10.7. The Morgan fingerprint density at radius 2 is 2.17 bits per heavy atom. The first-order valence-corrected chi connectivity index (χ1v) is 6.31. The summed E-state index contributed by atoms with van der Waals surface area (Å²) in [5.41, 5.74) is 0.217. The summed E-state index contributed by atoms with van der Waals surface area (Å²) in [6.45, 7) is 4.51. The number of hydrogen-bond acceptors (Lipinski definition) is 4. The fraction of sp³-hybridized carbons (Fsp3) is 0.615. The Morgan fingerprint density at radius 3 is 2.72 bits per heavy atom. The molecule has 1 unspecified atom stereocenters. The zero-order valence-corrected chi connectivity index (χ0v) is 10.8. The van der Waals surface area contributed by atoms with Crippen LogP contribution in [0.2, 0.25) is 0 Å². The summed E-state index contributed by atoms with van der Waals surface area (Å²) in [5.74, 6) is -0.396. The number of nitrogens with one attached hydrogen (secondary N) is 1. The van der Waals surface area contributed by atoms with Crippen molar-refractivity contribution in [3.63, 3.8) is 0 Å². The molecule has 5 nitrogen and oxygen atoms in total. The molecule has 0 saturated heterocycles. The number of aromatic carboxylic acids is 1. The van der Waals surface area contributed by atoms with E-state index in [-0.39, 0.29) is 11.1 Å². The molecule has 98 valence electrons. The minimum atomic E-state index is -1.05. The highest BCUT2D eigenvalue weighted by Crippen LogP contribution is 2.36. The lowest BCUT2D eigenvalue weighted by atomic mass is 9.73. The van der Waals surface area contributed by atoms with Crippen LogP contribution in [0.25, 0.3) is 0 Å². The van der Waals surface area contributed by atoms with Gasteiger partial charge in [0.05, 0.1) is 12.4 Å². The number of rotatable bonds is 3. The van der Waals surface area contributed by atoms with E-state index in [1.807, 2.05) is 0 Å². The molecule has 0 spiro atoms. The van der Waals surface area contributed by atoms with E-state index in [2.05, 4.69) is 29.1 Å². The molecule has 0 amide bonds. The van der Waals surface area contributed by atoms with E-state index >= 15 is 0 Å². The Balaban J connectivity index is 2.06. The lowest BCUT2D eigenvalue weighted by Gasteiger charge is -2.39. The molecular weight excluding hydrogens is 230 g/mol. The summed E-state index contributed by atoms with van der Waals surface area (Å²) < 4.78 is 0. The van der Waals surface area contributed by atoms with E-state index in [9.17, 15) is 4.79 Å². The predicted octanol–water partition coefficient (Wildman–Crippen LogP) is 2.56. The molecule has 1 fully saturated rings. The average Bonchev–Trinajstić information content (AvgIpc) is 2.32. The number of anilines is 1. The van der Waals surface area contributed by atoms with Crippen LogP contribution in [0.4, 0.5) is 5.82 Å². The summed E-state index contributed by atoms with van der Waals surface area (Å²) in [6.07, 6.45) is 7.60. The van der Waals surface area contributed by atoms with Gasteiger partial charge in [0, 0.05) is 6.04 Å². The monoisotopic (exact) mass is 249 g/mol. The molecule has 1 aromatic rings. The maximum absolute atomic E-state index is 10.7. The largest absolute Gasteiger partial charge is 0.476 e. The molecule has 1 atom stereocenters. The van der Waals surface area contributed by atoms with E-state index in [0.29, 0.717) is 11.9 Å². The number of nitrogens with zero attached hydrogens (tertiary/aromatic N) is 2. The second-order valence-corrected chi connectivity index (χ2v) is 5.52. The number of carbonyl (C=O) groups is 1. The molecule has 0 bridgehead atoms. The van der Waals surface area contributed by atoms with Gasteiger partial charge in [0.1, 0.15) is 5.82 Å². The smallest absolute Gasteiger partial charge is 0.356 e. The lowest BCUT2D eigenvalue weighted by molar-refractivity contribution is 0.0690. The third-order valence-electron chi connectivity index (χ3n) is 3.70. The van der Waals surface area contributed by atoms with E-state index in [4.69, 9.17) is 5.11 Å². The van der Waals surface area contributed by atoms with Gasteiger partial charge in [0.2, 0.25) is 0 Å². The molecule has 18 heavy (non-hydrogen) atoms. The normalized spacial score (nSPS) is 22.4. The van der Waals surface area contributed by atoms with Gasteiger partial charge in [-0.3, -0.25) is 0 Å². The van der Waals surface area contributed by atoms with Crippen molar-refractivity contribution in [3.05, 3.63) is 18.1 Å². The van der Waals surface area contributed by atoms with Crippen LogP contribution in [0, 0.1) is 5.41 Å². The molecule has 1 saturated carbocycles. The molecule has 2 rings (SSSR count). The quantitative estimate of drug-likeness (QED) is 0.861. The van der Waals surface area contributed by atoms with Gasteiger partial charge < -0.3 is 10.4 Å². The highest BCUT2D eigenvalue weighted by Gasteiger charge is 2.32. The number of aromatic nitrogens is 2. The molecule has 0 aromatic carbocycles. The SMILES string of the molecule is CC1(C)CCCCC1Nc1cnc(C(=O)O)cn1. The number of carboxylic acid groups (broad SMARTS) is 1. The second kappa shape index (κ2) is 4.92. The highest BCUT2D eigenvalue weighted by molar-refractivity contribution is 5.84. The number of carboxylic acids is 1.